The van der Waals surface area contributed by atoms with Crippen LogP contribution in [0.25, 0.3) is 0 Å². The Balaban J connectivity index is 2.15. The first-order valence-electron chi connectivity index (χ1n) is 3.88. The van der Waals surface area contributed by atoms with Gasteiger partial charge in [-0.15, -0.1) is 0 Å². The summed E-state index contributed by atoms with van der Waals surface area (Å²) in [5, 5.41) is 4.42. The molecule has 2 heterocycles. The van der Waals surface area contributed by atoms with Crippen molar-refractivity contribution in [2.24, 2.45) is 7.05 Å². The fourth-order valence-corrected chi connectivity index (χ4v) is 1.01. The zero-order valence-electron chi connectivity index (χ0n) is 7.38. The molecule has 5 nitrogen and oxygen atoms in total. The minimum absolute atomic E-state index is 0.252. The number of ether oxygens (including phenoxy) is 1. The molecule has 14 heavy (non-hydrogen) atoms. The van der Waals surface area contributed by atoms with Crippen LogP contribution < -0.4 is 4.74 Å². The molecule has 0 saturated heterocycles. The molecule has 0 N–H and O–H groups in total. The van der Waals surface area contributed by atoms with E-state index in [2.05, 4.69) is 15.1 Å². The Kier molecular flexibility index (Phi) is 2.32. The molecule has 0 atom stereocenters. The van der Waals surface area contributed by atoms with Gasteiger partial charge in [-0.1, -0.05) is 11.6 Å². The molecular formula is C8H7ClN4O. The molecule has 0 unspecified atom stereocenters. The van der Waals surface area contributed by atoms with Gasteiger partial charge in [0.25, 0.3) is 0 Å². The molecule has 0 radical (unpaired) electrons. The van der Waals surface area contributed by atoms with Gasteiger partial charge in [-0.05, 0) is 0 Å². The Morgan fingerprint density at radius 3 is 2.57 bits per heavy atom. The molecule has 0 aliphatic heterocycles. The van der Waals surface area contributed by atoms with Gasteiger partial charge in [0, 0.05) is 7.05 Å². The number of rotatable bonds is 2. The standard InChI is InChI=1S/C8H7ClN4O/c1-13-5-7(4-12-13)14-8-10-2-6(9)3-11-8/h2-5H,1H3. The number of hydrogen-bond acceptors (Lipinski definition) is 4. The van der Waals surface area contributed by atoms with Crippen LogP contribution >= 0.6 is 11.6 Å². The summed E-state index contributed by atoms with van der Waals surface area (Å²) in [5.74, 6) is 0.592. The van der Waals surface area contributed by atoms with Crippen molar-refractivity contribution in [3.05, 3.63) is 29.8 Å². The van der Waals surface area contributed by atoms with Crippen LogP contribution in [0.5, 0.6) is 11.8 Å². The molecule has 6 heteroatoms. The van der Waals surface area contributed by atoms with E-state index in [9.17, 15) is 0 Å². The van der Waals surface area contributed by atoms with Crippen LogP contribution in [0.15, 0.2) is 24.8 Å². The monoisotopic (exact) mass is 210 g/mol. The van der Waals surface area contributed by atoms with Crippen molar-refractivity contribution in [2.75, 3.05) is 0 Å². The molecule has 0 fully saturated rings. The van der Waals surface area contributed by atoms with E-state index in [1.807, 2.05) is 0 Å². The van der Waals surface area contributed by atoms with Crippen molar-refractivity contribution in [1.82, 2.24) is 19.7 Å². The van der Waals surface area contributed by atoms with Crippen molar-refractivity contribution in [2.45, 2.75) is 0 Å². The van der Waals surface area contributed by atoms with E-state index in [1.165, 1.54) is 12.4 Å². The topological polar surface area (TPSA) is 52.8 Å². The molecular weight excluding hydrogens is 204 g/mol. The van der Waals surface area contributed by atoms with Crippen LogP contribution in [0, 0.1) is 0 Å². The van der Waals surface area contributed by atoms with Crippen molar-refractivity contribution in [1.29, 1.82) is 0 Å². The van der Waals surface area contributed by atoms with Gasteiger partial charge >= 0.3 is 6.01 Å². The molecule has 0 spiro atoms. The van der Waals surface area contributed by atoms with Gasteiger partial charge in [0.1, 0.15) is 0 Å². The molecule has 2 rings (SSSR count). The van der Waals surface area contributed by atoms with Crippen molar-refractivity contribution in [3.8, 4) is 11.8 Å². The highest BCUT2D eigenvalue weighted by atomic mass is 35.5. The normalized spacial score (nSPS) is 10.1. The van der Waals surface area contributed by atoms with Crippen LogP contribution in [0.4, 0.5) is 0 Å². The minimum atomic E-state index is 0.252. The summed E-state index contributed by atoms with van der Waals surface area (Å²) in [6, 6.07) is 0.252. The Hall–Kier alpha value is -1.62. The average Bonchev–Trinajstić information content (AvgIpc) is 2.56. The number of aryl methyl sites for hydroxylation is 1. The average molecular weight is 211 g/mol. The second kappa shape index (κ2) is 3.63. The minimum Gasteiger partial charge on any atom is -0.421 e. The molecule has 2 aromatic rings. The highest BCUT2D eigenvalue weighted by Crippen LogP contribution is 2.16. The predicted octanol–water partition coefficient (Wildman–Crippen LogP) is 1.66. The first kappa shape index (κ1) is 8.96. The highest BCUT2D eigenvalue weighted by Gasteiger charge is 2.01. The van der Waals surface area contributed by atoms with E-state index >= 15 is 0 Å². The van der Waals surface area contributed by atoms with Crippen LogP contribution in [0.1, 0.15) is 0 Å². The number of halogens is 1. The Labute approximate surface area is 85.3 Å². The van der Waals surface area contributed by atoms with Gasteiger partial charge in [-0.3, -0.25) is 4.68 Å². The molecule has 0 aliphatic rings. The lowest BCUT2D eigenvalue weighted by Gasteiger charge is -1.98. The Morgan fingerprint density at radius 1 is 1.29 bits per heavy atom. The summed E-state index contributed by atoms with van der Waals surface area (Å²) in [6.07, 6.45) is 6.25. The van der Waals surface area contributed by atoms with Crippen LogP contribution in [-0.4, -0.2) is 19.7 Å². The summed E-state index contributed by atoms with van der Waals surface area (Å²) in [6.45, 7) is 0. The van der Waals surface area contributed by atoms with Gasteiger partial charge in [0.2, 0.25) is 0 Å². The van der Waals surface area contributed by atoms with E-state index in [0.717, 1.165) is 0 Å². The SMILES string of the molecule is Cn1cc(Oc2ncc(Cl)cn2)cn1. The van der Waals surface area contributed by atoms with E-state index in [0.29, 0.717) is 10.8 Å². The summed E-state index contributed by atoms with van der Waals surface area (Å²) in [5.41, 5.74) is 0. The van der Waals surface area contributed by atoms with Gasteiger partial charge in [0.05, 0.1) is 29.8 Å². The maximum atomic E-state index is 5.62. The maximum absolute atomic E-state index is 5.62. The Morgan fingerprint density at radius 2 is 2.00 bits per heavy atom. The van der Waals surface area contributed by atoms with Gasteiger partial charge < -0.3 is 4.74 Å². The summed E-state index contributed by atoms with van der Waals surface area (Å²) < 4.78 is 6.92. The zero-order valence-corrected chi connectivity index (χ0v) is 8.14. The molecule has 0 aliphatic carbocycles. The fraction of sp³-hybridized carbons (Fsp3) is 0.125. The molecule has 0 aromatic carbocycles. The molecule has 0 saturated carbocycles. The van der Waals surface area contributed by atoms with Gasteiger partial charge in [-0.2, -0.15) is 5.10 Å². The second-order valence-electron chi connectivity index (χ2n) is 2.64. The van der Waals surface area contributed by atoms with Crippen LogP contribution in [-0.2, 0) is 7.05 Å². The molecule has 0 bridgehead atoms. The first-order valence-corrected chi connectivity index (χ1v) is 4.26. The third-order valence-electron chi connectivity index (χ3n) is 1.49. The summed E-state index contributed by atoms with van der Waals surface area (Å²) >= 11 is 5.62. The quantitative estimate of drug-likeness (QED) is 0.757. The third-order valence-corrected chi connectivity index (χ3v) is 1.68. The molecule has 0 amide bonds. The number of aromatic nitrogens is 4. The number of nitrogens with zero attached hydrogens (tertiary/aromatic N) is 4. The highest BCUT2D eigenvalue weighted by molar-refractivity contribution is 6.30. The van der Waals surface area contributed by atoms with Crippen molar-refractivity contribution < 1.29 is 4.74 Å². The third kappa shape index (κ3) is 2.00. The molecule has 2 aromatic heterocycles. The van der Waals surface area contributed by atoms with E-state index in [1.54, 1.807) is 24.1 Å². The van der Waals surface area contributed by atoms with E-state index in [4.69, 9.17) is 16.3 Å². The lowest BCUT2D eigenvalue weighted by molar-refractivity contribution is 0.441. The zero-order chi connectivity index (χ0) is 9.97. The van der Waals surface area contributed by atoms with E-state index < -0.39 is 0 Å². The van der Waals surface area contributed by atoms with Gasteiger partial charge in [-0.25, -0.2) is 9.97 Å². The maximum Gasteiger partial charge on any atom is 0.322 e. The predicted molar refractivity (Wildman–Crippen MR) is 50.3 cm³/mol. The lowest BCUT2D eigenvalue weighted by atomic mass is 10.6. The van der Waals surface area contributed by atoms with E-state index in [-0.39, 0.29) is 6.01 Å². The van der Waals surface area contributed by atoms with Gasteiger partial charge in [0.15, 0.2) is 5.75 Å². The Bertz CT molecular complexity index is 425. The van der Waals surface area contributed by atoms with Crippen molar-refractivity contribution in [3.63, 3.8) is 0 Å². The smallest absolute Gasteiger partial charge is 0.322 e. The largest absolute Gasteiger partial charge is 0.421 e. The second-order valence-corrected chi connectivity index (χ2v) is 3.07. The lowest BCUT2D eigenvalue weighted by Crippen LogP contribution is -1.89. The van der Waals surface area contributed by atoms with Crippen LogP contribution in [0.3, 0.4) is 0 Å². The number of hydrogen-bond donors (Lipinski definition) is 0. The fourth-order valence-electron chi connectivity index (χ4n) is 0.910. The summed E-state index contributed by atoms with van der Waals surface area (Å²) in [7, 11) is 1.80. The first-order chi connectivity index (χ1) is 6.74. The van der Waals surface area contributed by atoms with Crippen molar-refractivity contribution >= 4 is 11.6 Å². The summed E-state index contributed by atoms with van der Waals surface area (Å²) in [4.78, 5) is 7.76. The molecule has 72 valence electrons. The van der Waals surface area contributed by atoms with Crippen LogP contribution in [0.2, 0.25) is 5.02 Å².